The van der Waals surface area contributed by atoms with E-state index < -0.39 is 28.5 Å². The van der Waals surface area contributed by atoms with Crippen molar-refractivity contribution >= 4 is 39.1 Å². The molecule has 0 bridgehead atoms. The molecule has 0 saturated heterocycles. The van der Waals surface area contributed by atoms with Gasteiger partial charge in [-0.05, 0) is 63.1 Å². The van der Waals surface area contributed by atoms with Crippen molar-refractivity contribution in [1.82, 2.24) is 10.2 Å². The van der Waals surface area contributed by atoms with Crippen molar-refractivity contribution in [3.63, 3.8) is 0 Å². The lowest BCUT2D eigenvalue weighted by molar-refractivity contribution is -0.139. The molecule has 3 aromatic carbocycles. The predicted molar refractivity (Wildman–Crippen MR) is 158 cm³/mol. The number of anilines is 1. The van der Waals surface area contributed by atoms with Gasteiger partial charge in [0.1, 0.15) is 18.3 Å². The maximum atomic E-state index is 14.0. The Kier molecular flexibility index (Phi) is 10.6. The van der Waals surface area contributed by atoms with Crippen molar-refractivity contribution in [2.75, 3.05) is 18.0 Å². The number of hydrogen-bond donors (Lipinski definition) is 1. The van der Waals surface area contributed by atoms with Crippen LogP contribution in [0.15, 0.2) is 77.7 Å². The highest BCUT2D eigenvalue weighted by Crippen LogP contribution is 2.35. The fourth-order valence-electron chi connectivity index (χ4n) is 4.03. The van der Waals surface area contributed by atoms with E-state index in [0.29, 0.717) is 0 Å². The van der Waals surface area contributed by atoms with Crippen LogP contribution in [0.3, 0.4) is 0 Å². The number of amides is 2. The zero-order chi connectivity index (χ0) is 29.4. The van der Waals surface area contributed by atoms with E-state index in [9.17, 15) is 18.0 Å². The maximum absolute atomic E-state index is 14.0. The van der Waals surface area contributed by atoms with Crippen LogP contribution in [0.1, 0.15) is 38.3 Å². The lowest BCUT2D eigenvalue weighted by Gasteiger charge is -2.33. The number of benzene rings is 3. The van der Waals surface area contributed by atoms with E-state index in [0.717, 1.165) is 21.9 Å². The van der Waals surface area contributed by atoms with Crippen LogP contribution in [0.2, 0.25) is 5.02 Å². The number of nitrogens with zero attached hydrogens (tertiary/aromatic N) is 2. The van der Waals surface area contributed by atoms with E-state index in [1.54, 1.807) is 37.3 Å². The molecule has 40 heavy (non-hydrogen) atoms. The van der Waals surface area contributed by atoms with Gasteiger partial charge in [0.15, 0.2) is 0 Å². The largest absolute Gasteiger partial charge is 0.495 e. The first kappa shape index (κ1) is 31.0. The predicted octanol–water partition coefficient (Wildman–Crippen LogP) is 5.18. The SMILES string of the molecule is CC[C@H](C)NC(=O)[C@@H](C)N(Cc1ccc(C)cc1)C(=O)CN(c1cc(Cl)ccc1OC)S(=O)(=O)c1ccccc1. The number of carbonyl (C=O) groups is 2. The van der Waals surface area contributed by atoms with Crippen LogP contribution in [0.5, 0.6) is 5.75 Å². The van der Waals surface area contributed by atoms with E-state index in [1.807, 2.05) is 45.0 Å². The number of carbonyl (C=O) groups excluding carboxylic acids is 2. The molecule has 3 rings (SSSR count). The Morgan fingerprint density at radius 2 is 1.65 bits per heavy atom. The van der Waals surface area contributed by atoms with Gasteiger partial charge >= 0.3 is 0 Å². The van der Waals surface area contributed by atoms with Gasteiger partial charge in [-0.3, -0.25) is 13.9 Å². The molecule has 1 N–H and O–H groups in total. The number of nitrogens with one attached hydrogen (secondary N) is 1. The molecular formula is C30H36ClN3O5S. The minimum atomic E-state index is -4.23. The monoisotopic (exact) mass is 585 g/mol. The molecule has 0 fully saturated rings. The van der Waals surface area contributed by atoms with Crippen LogP contribution < -0.4 is 14.4 Å². The topological polar surface area (TPSA) is 96.0 Å². The molecule has 2 atom stereocenters. The lowest BCUT2D eigenvalue weighted by Crippen LogP contribution is -2.52. The Balaban J connectivity index is 2.08. The third-order valence-corrected chi connectivity index (χ3v) is 8.67. The van der Waals surface area contributed by atoms with Gasteiger partial charge in [0, 0.05) is 17.6 Å². The molecule has 0 radical (unpaired) electrons. The summed E-state index contributed by atoms with van der Waals surface area (Å²) in [4.78, 5) is 28.6. The second-order valence-corrected chi connectivity index (χ2v) is 11.9. The molecule has 0 spiro atoms. The summed E-state index contributed by atoms with van der Waals surface area (Å²) in [6.45, 7) is 6.96. The molecule has 10 heteroatoms. The Morgan fingerprint density at radius 1 is 1.00 bits per heavy atom. The Bertz CT molecular complexity index is 1420. The number of rotatable bonds is 12. The zero-order valence-electron chi connectivity index (χ0n) is 23.4. The molecule has 214 valence electrons. The summed E-state index contributed by atoms with van der Waals surface area (Å²) in [7, 11) is -2.82. The normalized spacial score (nSPS) is 12.8. The number of ether oxygens (including phenoxy) is 1. The minimum absolute atomic E-state index is 0.00234. The van der Waals surface area contributed by atoms with Crippen LogP contribution in [0.25, 0.3) is 0 Å². The van der Waals surface area contributed by atoms with Gasteiger partial charge in [0.2, 0.25) is 11.8 Å². The zero-order valence-corrected chi connectivity index (χ0v) is 25.0. The van der Waals surface area contributed by atoms with Gasteiger partial charge in [0.05, 0.1) is 17.7 Å². The van der Waals surface area contributed by atoms with Gasteiger partial charge in [-0.2, -0.15) is 0 Å². The average Bonchev–Trinajstić information content (AvgIpc) is 2.95. The fraction of sp³-hybridized carbons (Fsp3) is 0.333. The summed E-state index contributed by atoms with van der Waals surface area (Å²) in [5.74, 6) is -0.661. The molecule has 0 aliphatic rings. The Hall–Kier alpha value is -3.56. The van der Waals surface area contributed by atoms with Gasteiger partial charge in [-0.25, -0.2) is 8.42 Å². The van der Waals surface area contributed by atoms with Crippen LogP contribution >= 0.6 is 11.6 Å². The molecule has 0 unspecified atom stereocenters. The molecule has 0 saturated carbocycles. The number of hydrogen-bond acceptors (Lipinski definition) is 5. The standard InChI is InChI=1S/C30H36ClN3O5S/c1-6-22(3)32-30(36)23(4)33(19-24-14-12-21(2)13-15-24)29(35)20-34(27-18-25(31)16-17-28(27)39-5)40(37,38)26-10-8-7-9-11-26/h7-18,22-23H,6,19-20H2,1-5H3,(H,32,36)/t22-,23+/m0/s1. The summed E-state index contributed by atoms with van der Waals surface area (Å²) in [5.41, 5.74) is 1.97. The van der Waals surface area contributed by atoms with Crippen molar-refractivity contribution in [2.24, 2.45) is 0 Å². The second kappa shape index (κ2) is 13.7. The third kappa shape index (κ3) is 7.55. The number of sulfonamides is 1. The summed E-state index contributed by atoms with van der Waals surface area (Å²) in [6.07, 6.45) is 0.724. The van der Waals surface area contributed by atoms with Crippen molar-refractivity contribution in [3.05, 3.63) is 88.9 Å². The van der Waals surface area contributed by atoms with Crippen molar-refractivity contribution in [2.45, 2.75) is 57.6 Å². The van der Waals surface area contributed by atoms with Crippen LogP contribution in [-0.2, 0) is 26.2 Å². The molecule has 0 heterocycles. The number of halogens is 1. The van der Waals surface area contributed by atoms with Crippen LogP contribution in [0, 0.1) is 6.92 Å². The van der Waals surface area contributed by atoms with Gasteiger partial charge in [-0.15, -0.1) is 0 Å². The van der Waals surface area contributed by atoms with Gasteiger partial charge in [-0.1, -0.05) is 66.6 Å². The first-order valence-corrected chi connectivity index (χ1v) is 14.9. The number of methoxy groups -OCH3 is 1. The summed E-state index contributed by atoms with van der Waals surface area (Å²) >= 11 is 6.26. The molecule has 0 aliphatic carbocycles. The van der Waals surface area contributed by atoms with E-state index in [1.165, 1.54) is 30.2 Å². The molecule has 8 nitrogen and oxygen atoms in total. The summed E-state index contributed by atoms with van der Waals surface area (Å²) in [5, 5.41) is 3.20. The smallest absolute Gasteiger partial charge is 0.264 e. The molecule has 2 amide bonds. The average molecular weight is 586 g/mol. The molecule has 0 aromatic heterocycles. The lowest BCUT2D eigenvalue weighted by atomic mass is 10.1. The number of aryl methyl sites for hydroxylation is 1. The maximum Gasteiger partial charge on any atom is 0.264 e. The second-order valence-electron chi connectivity index (χ2n) is 9.64. The van der Waals surface area contributed by atoms with Crippen LogP contribution in [0.4, 0.5) is 5.69 Å². The van der Waals surface area contributed by atoms with Gasteiger partial charge < -0.3 is 15.0 Å². The molecular weight excluding hydrogens is 550 g/mol. The first-order valence-electron chi connectivity index (χ1n) is 13.0. The van der Waals surface area contributed by atoms with Crippen molar-refractivity contribution in [1.29, 1.82) is 0 Å². The van der Waals surface area contributed by atoms with E-state index >= 15 is 0 Å². The highest BCUT2D eigenvalue weighted by Gasteiger charge is 2.34. The first-order chi connectivity index (χ1) is 19.0. The van der Waals surface area contributed by atoms with E-state index in [-0.39, 0.29) is 39.8 Å². The fourth-order valence-corrected chi connectivity index (χ4v) is 5.63. The minimum Gasteiger partial charge on any atom is -0.495 e. The quantitative estimate of drug-likeness (QED) is 0.316. The summed E-state index contributed by atoms with van der Waals surface area (Å²) in [6, 6.07) is 19.0. The molecule has 3 aromatic rings. The van der Waals surface area contributed by atoms with E-state index in [4.69, 9.17) is 16.3 Å². The van der Waals surface area contributed by atoms with Crippen molar-refractivity contribution < 1.29 is 22.7 Å². The Morgan fingerprint density at radius 3 is 2.25 bits per heavy atom. The van der Waals surface area contributed by atoms with Crippen molar-refractivity contribution in [3.8, 4) is 5.75 Å². The summed E-state index contributed by atoms with van der Waals surface area (Å²) < 4.78 is 34.3. The van der Waals surface area contributed by atoms with Gasteiger partial charge in [0.25, 0.3) is 10.0 Å². The third-order valence-electron chi connectivity index (χ3n) is 6.66. The highest BCUT2D eigenvalue weighted by molar-refractivity contribution is 7.92. The van der Waals surface area contributed by atoms with E-state index in [2.05, 4.69) is 5.32 Å². The Labute approximate surface area is 241 Å². The highest BCUT2D eigenvalue weighted by atomic mass is 35.5. The molecule has 0 aliphatic heterocycles. The van der Waals surface area contributed by atoms with Crippen LogP contribution in [-0.4, -0.2) is 50.9 Å².